The highest BCUT2D eigenvalue weighted by Crippen LogP contribution is 2.27. The van der Waals surface area contributed by atoms with Crippen LogP contribution in [-0.4, -0.2) is 22.6 Å². The van der Waals surface area contributed by atoms with E-state index >= 15 is 0 Å². The van der Waals surface area contributed by atoms with Gasteiger partial charge in [-0.2, -0.15) is 0 Å². The van der Waals surface area contributed by atoms with Gasteiger partial charge in [0.15, 0.2) is 17.3 Å². The summed E-state index contributed by atoms with van der Waals surface area (Å²) in [4.78, 5) is 11.9. The van der Waals surface area contributed by atoms with Gasteiger partial charge in [0.2, 0.25) is 0 Å². The smallest absolute Gasteiger partial charge is 0.161 e. The van der Waals surface area contributed by atoms with Crippen molar-refractivity contribution in [3.8, 4) is 11.5 Å². The summed E-state index contributed by atoms with van der Waals surface area (Å²) in [5.74, 6) is 0.392. The lowest BCUT2D eigenvalue weighted by Gasteiger charge is -2.07. The van der Waals surface area contributed by atoms with Gasteiger partial charge in [0.25, 0.3) is 0 Å². The molecule has 0 aliphatic heterocycles. The summed E-state index contributed by atoms with van der Waals surface area (Å²) < 4.78 is 5.47. The molecule has 0 amide bonds. The van der Waals surface area contributed by atoms with E-state index in [1.54, 1.807) is 24.3 Å². The Hall–Kier alpha value is -2.23. The number of benzene rings is 1. The van der Waals surface area contributed by atoms with Crippen molar-refractivity contribution in [3.63, 3.8) is 0 Å². The van der Waals surface area contributed by atoms with Crippen molar-refractivity contribution in [1.82, 2.24) is 0 Å². The quantitative estimate of drug-likeness (QED) is 0.151. The number of hydrogen-bond donors (Lipinski definition) is 2. The van der Waals surface area contributed by atoms with Crippen LogP contribution in [-0.2, 0) is 4.79 Å². The van der Waals surface area contributed by atoms with Gasteiger partial charge in [0.05, 0.1) is 6.61 Å². The van der Waals surface area contributed by atoms with Crippen LogP contribution in [0.15, 0.2) is 36.1 Å². The normalized spacial score (nSPS) is 11.9. The first-order valence-corrected chi connectivity index (χ1v) is 10.6. The van der Waals surface area contributed by atoms with Crippen molar-refractivity contribution in [1.29, 1.82) is 0 Å². The molecule has 0 heterocycles. The molecule has 1 aromatic rings. The van der Waals surface area contributed by atoms with Gasteiger partial charge < -0.3 is 14.9 Å². The molecule has 0 saturated heterocycles. The summed E-state index contributed by atoms with van der Waals surface area (Å²) >= 11 is 0. The molecule has 1 aromatic carbocycles. The van der Waals surface area contributed by atoms with Crippen molar-refractivity contribution in [2.75, 3.05) is 6.61 Å². The van der Waals surface area contributed by atoms with E-state index in [4.69, 9.17) is 4.74 Å². The largest absolute Gasteiger partial charge is 0.508 e. The van der Waals surface area contributed by atoms with Gasteiger partial charge in [-0.1, -0.05) is 70.9 Å². The maximum absolute atomic E-state index is 11.9. The maximum atomic E-state index is 11.9. The van der Waals surface area contributed by atoms with Crippen LogP contribution in [0.4, 0.5) is 0 Å². The number of phenols is 1. The minimum atomic E-state index is -0.0614. The molecule has 156 valence electrons. The van der Waals surface area contributed by atoms with E-state index in [9.17, 15) is 15.0 Å². The average Bonchev–Trinajstić information content (AvgIpc) is 2.68. The fourth-order valence-electron chi connectivity index (χ4n) is 2.86. The molecule has 0 unspecified atom stereocenters. The Morgan fingerprint density at radius 1 is 1.00 bits per heavy atom. The number of aliphatic hydroxyl groups excluding tert-OH is 1. The molecule has 2 N–H and O–H groups in total. The second-order valence-electron chi connectivity index (χ2n) is 7.17. The van der Waals surface area contributed by atoms with Crippen LogP contribution in [0.2, 0.25) is 0 Å². The Labute approximate surface area is 169 Å². The number of carbonyl (C=O) groups is 1. The third-order valence-electron chi connectivity index (χ3n) is 4.48. The highest BCUT2D eigenvalue weighted by molar-refractivity contribution is 5.90. The SMILES string of the molecule is CCCCCCCCCCC(=O)C=C(O)C=Cc1ccc(O)c(OCCC)c1. The van der Waals surface area contributed by atoms with Crippen LogP contribution in [0.3, 0.4) is 0 Å². The van der Waals surface area contributed by atoms with Crippen molar-refractivity contribution in [2.24, 2.45) is 0 Å². The number of allylic oxidation sites excluding steroid dienone is 2. The monoisotopic (exact) mass is 388 g/mol. The molecule has 0 aliphatic carbocycles. The van der Waals surface area contributed by atoms with Gasteiger partial charge in [-0.25, -0.2) is 0 Å². The van der Waals surface area contributed by atoms with Crippen LogP contribution < -0.4 is 4.74 Å². The summed E-state index contributed by atoms with van der Waals surface area (Å²) in [7, 11) is 0. The molecular formula is C24H36O4. The lowest BCUT2D eigenvalue weighted by atomic mass is 10.1. The molecule has 0 saturated carbocycles. The number of ether oxygens (including phenoxy) is 1. The highest BCUT2D eigenvalue weighted by Gasteiger charge is 2.03. The molecular weight excluding hydrogens is 352 g/mol. The third kappa shape index (κ3) is 10.8. The lowest BCUT2D eigenvalue weighted by Crippen LogP contribution is -1.95. The van der Waals surface area contributed by atoms with E-state index in [1.165, 1.54) is 50.7 Å². The second-order valence-corrected chi connectivity index (χ2v) is 7.17. The average molecular weight is 389 g/mol. The zero-order chi connectivity index (χ0) is 20.6. The highest BCUT2D eigenvalue weighted by atomic mass is 16.5. The summed E-state index contributed by atoms with van der Waals surface area (Å²) in [6.07, 6.45) is 15.3. The molecule has 0 aliphatic rings. The van der Waals surface area contributed by atoms with Crippen LogP contribution in [0, 0.1) is 0 Å². The number of phenolic OH excluding ortho intramolecular Hbond substituents is 1. The van der Waals surface area contributed by atoms with Crippen molar-refractivity contribution in [2.45, 2.75) is 78.1 Å². The number of aliphatic hydroxyl groups is 1. The van der Waals surface area contributed by atoms with Gasteiger partial charge in [-0.05, 0) is 36.6 Å². The predicted molar refractivity (Wildman–Crippen MR) is 116 cm³/mol. The predicted octanol–water partition coefficient (Wildman–Crippen LogP) is 6.74. The van der Waals surface area contributed by atoms with Gasteiger partial charge in [-0.3, -0.25) is 4.79 Å². The zero-order valence-electron chi connectivity index (χ0n) is 17.5. The molecule has 4 heteroatoms. The topological polar surface area (TPSA) is 66.8 Å². The molecule has 0 radical (unpaired) electrons. The van der Waals surface area contributed by atoms with Crippen molar-refractivity contribution < 1.29 is 19.7 Å². The molecule has 0 aromatic heterocycles. The third-order valence-corrected chi connectivity index (χ3v) is 4.48. The second kappa shape index (κ2) is 14.8. The Balaban J connectivity index is 2.37. The Kier molecular flexibility index (Phi) is 12.6. The van der Waals surface area contributed by atoms with E-state index in [0.717, 1.165) is 24.8 Å². The fraction of sp³-hybridized carbons (Fsp3) is 0.542. The van der Waals surface area contributed by atoms with Crippen LogP contribution in [0.1, 0.15) is 83.6 Å². The van der Waals surface area contributed by atoms with E-state index in [2.05, 4.69) is 6.92 Å². The van der Waals surface area contributed by atoms with Gasteiger partial charge in [0, 0.05) is 12.5 Å². The first-order valence-electron chi connectivity index (χ1n) is 10.6. The lowest BCUT2D eigenvalue weighted by molar-refractivity contribution is -0.114. The number of carbonyl (C=O) groups excluding carboxylic acids is 1. The summed E-state index contributed by atoms with van der Waals surface area (Å²) in [5, 5.41) is 19.7. The number of hydrogen-bond acceptors (Lipinski definition) is 4. The van der Waals surface area contributed by atoms with Crippen molar-refractivity contribution >= 4 is 11.9 Å². The molecule has 4 nitrogen and oxygen atoms in total. The Morgan fingerprint density at radius 2 is 1.68 bits per heavy atom. The van der Waals surface area contributed by atoms with Crippen LogP contribution in [0.25, 0.3) is 6.08 Å². The number of ketones is 1. The first kappa shape index (κ1) is 23.8. The van der Waals surface area contributed by atoms with Gasteiger partial charge in [-0.15, -0.1) is 0 Å². The number of aromatic hydroxyl groups is 1. The number of rotatable bonds is 15. The summed E-state index contributed by atoms with van der Waals surface area (Å²) in [5.41, 5.74) is 0.777. The molecule has 28 heavy (non-hydrogen) atoms. The maximum Gasteiger partial charge on any atom is 0.161 e. The standard InChI is InChI=1S/C24H36O4/c1-3-5-6-7-8-9-10-11-12-21(25)19-22(26)15-13-20-14-16-23(27)24(18-20)28-17-4-2/h13-16,18-19,26-27H,3-12,17H2,1-2H3. The van der Waals surface area contributed by atoms with Crippen LogP contribution >= 0.6 is 0 Å². The van der Waals surface area contributed by atoms with Crippen LogP contribution in [0.5, 0.6) is 11.5 Å². The molecule has 0 atom stereocenters. The summed E-state index contributed by atoms with van der Waals surface area (Å²) in [6, 6.07) is 4.98. The van der Waals surface area contributed by atoms with E-state index in [-0.39, 0.29) is 17.3 Å². The molecule has 1 rings (SSSR count). The van der Waals surface area contributed by atoms with E-state index < -0.39 is 0 Å². The number of unbranched alkanes of at least 4 members (excludes halogenated alkanes) is 7. The minimum Gasteiger partial charge on any atom is -0.508 e. The van der Waals surface area contributed by atoms with Crippen molar-refractivity contribution in [3.05, 3.63) is 41.7 Å². The molecule has 0 spiro atoms. The zero-order valence-corrected chi connectivity index (χ0v) is 17.5. The Morgan fingerprint density at radius 3 is 2.36 bits per heavy atom. The minimum absolute atomic E-state index is 0.0502. The summed E-state index contributed by atoms with van der Waals surface area (Å²) in [6.45, 7) is 4.74. The molecule has 0 bridgehead atoms. The van der Waals surface area contributed by atoms with Gasteiger partial charge in [0.1, 0.15) is 5.76 Å². The Bertz CT molecular complexity index is 631. The first-order chi connectivity index (χ1) is 13.6. The van der Waals surface area contributed by atoms with Gasteiger partial charge >= 0.3 is 0 Å². The van der Waals surface area contributed by atoms with E-state index in [0.29, 0.717) is 18.8 Å². The van der Waals surface area contributed by atoms with E-state index in [1.807, 2.05) is 6.92 Å². The fourth-order valence-corrected chi connectivity index (χ4v) is 2.86. The molecule has 0 fully saturated rings.